The fourth-order valence-electron chi connectivity index (χ4n) is 2.36. The number of aliphatic hydroxyl groups is 1. The zero-order valence-electron chi connectivity index (χ0n) is 11.5. The van der Waals surface area contributed by atoms with Gasteiger partial charge in [-0.2, -0.15) is 0 Å². The Morgan fingerprint density at radius 1 is 1.43 bits per heavy atom. The van der Waals surface area contributed by atoms with Crippen molar-refractivity contribution in [2.24, 2.45) is 0 Å². The quantitative estimate of drug-likeness (QED) is 0.631. The van der Waals surface area contributed by atoms with Gasteiger partial charge in [-0.05, 0) is 18.9 Å². The number of nitrogens with zero attached hydrogens (tertiary/aromatic N) is 1. The molecule has 1 amide bonds. The van der Waals surface area contributed by atoms with E-state index in [0.29, 0.717) is 6.42 Å². The van der Waals surface area contributed by atoms with Crippen molar-refractivity contribution in [3.63, 3.8) is 0 Å². The number of nitro groups is 1. The lowest BCUT2D eigenvalue weighted by atomic mass is 9.92. The lowest BCUT2D eigenvalue weighted by Crippen LogP contribution is -2.46. The highest BCUT2D eigenvalue weighted by molar-refractivity contribution is 5.77. The topological polar surface area (TPSA) is 102 Å². The van der Waals surface area contributed by atoms with Gasteiger partial charge in [0.15, 0.2) is 6.61 Å². The highest BCUT2D eigenvalue weighted by Crippen LogP contribution is 2.20. The van der Waals surface area contributed by atoms with Crippen LogP contribution in [0.2, 0.25) is 0 Å². The first-order valence-electron chi connectivity index (χ1n) is 6.91. The number of hydrogen-bond donors (Lipinski definition) is 2. The van der Waals surface area contributed by atoms with E-state index in [1.165, 1.54) is 18.2 Å². The van der Waals surface area contributed by atoms with Gasteiger partial charge in [0, 0.05) is 6.07 Å². The molecule has 21 heavy (non-hydrogen) atoms. The molecule has 0 bridgehead atoms. The fraction of sp³-hybridized carbons (Fsp3) is 0.500. The summed E-state index contributed by atoms with van der Waals surface area (Å²) < 4.78 is 5.24. The van der Waals surface area contributed by atoms with Crippen molar-refractivity contribution in [2.45, 2.75) is 37.8 Å². The summed E-state index contributed by atoms with van der Waals surface area (Å²) in [6.45, 7) is -0.232. The Morgan fingerprint density at radius 3 is 2.90 bits per heavy atom. The summed E-state index contributed by atoms with van der Waals surface area (Å²) in [4.78, 5) is 21.9. The zero-order chi connectivity index (χ0) is 15.2. The van der Waals surface area contributed by atoms with Crippen LogP contribution < -0.4 is 10.1 Å². The third-order valence-corrected chi connectivity index (χ3v) is 3.47. The van der Waals surface area contributed by atoms with Gasteiger partial charge in [0.2, 0.25) is 0 Å². The van der Waals surface area contributed by atoms with E-state index in [1.54, 1.807) is 6.07 Å². The van der Waals surface area contributed by atoms with E-state index in [9.17, 15) is 20.0 Å². The normalized spacial score (nSPS) is 21.6. The number of nitrogens with one attached hydrogen (secondary N) is 1. The van der Waals surface area contributed by atoms with Crippen LogP contribution in [-0.2, 0) is 4.79 Å². The minimum absolute atomic E-state index is 0.0874. The van der Waals surface area contributed by atoms with Crippen LogP contribution in [0.25, 0.3) is 0 Å². The average Bonchev–Trinajstić information content (AvgIpc) is 2.48. The van der Waals surface area contributed by atoms with Crippen LogP contribution in [0.1, 0.15) is 25.7 Å². The lowest BCUT2D eigenvalue weighted by molar-refractivity contribution is -0.384. The molecule has 7 nitrogen and oxygen atoms in total. The molecule has 1 aliphatic rings. The van der Waals surface area contributed by atoms with Crippen LogP contribution in [0.15, 0.2) is 24.3 Å². The second-order valence-electron chi connectivity index (χ2n) is 5.07. The van der Waals surface area contributed by atoms with Crippen molar-refractivity contribution >= 4 is 11.6 Å². The molecule has 7 heteroatoms. The molecule has 1 aliphatic carbocycles. The highest BCUT2D eigenvalue weighted by atomic mass is 16.6. The number of ether oxygens (including phenoxy) is 1. The number of nitro benzene ring substituents is 1. The Kier molecular flexibility index (Phi) is 5.10. The third-order valence-electron chi connectivity index (χ3n) is 3.47. The molecule has 0 spiro atoms. The number of rotatable bonds is 5. The van der Waals surface area contributed by atoms with Crippen LogP contribution in [0.3, 0.4) is 0 Å². The average molecular weight is 294 g/mol. The molecule has 2 rings (SSSR count). The minimum atomic E-state index is -0.523. The molecule has 0 aliphatic heterocycles. The van der Waals surface area contributed by atoms with Crippen molar-refractivity contribution in [3.05, 3.63) is 34.4 Å². The Morgan fingerprint density at radius 2 is 2.19 bits per heavy atom. The fourth-order valence-corrected chi connectivity index (χ4v) is 2.36. The van der Waals surface area contributed by atoms with E-state index in [1.807, 2.05) is 0 Å². The predicted octanol–water partition coefficient (Wildman–Crippen LogP) is 1.39. The van der Waals surface area contributed by atoms with Gasteiger partial charge in [-0.1, -0.05) is 18.9 Å². The van der Waals surface area contributed by atoms with E-state index < -0.39 is 11.0 Å². The molecule has 0 unspecified atom stereocenters. The molecule has 2 atom stereocenters. The molecule has 114 valence electrons. The zero-order valence-corrected chi connectivity index (χ0v) is 11.5. The van der Waals surface area contributed by atoms with Crippen molar-refractivity contribution in [1.82, 2.24) is 5.32 Å². The largest absolute Gasteiger partial charge is 0.484 e. The second-order valence-corrected chi connectivity index (χ2v) is 5.07. The van der Waals surface area contributed by atoms with Crippen molar-refractivity contribution in [1.29, 1.82) is 0 Å². The summed E-state index contributed by atoms with van der Waals surface area (Å²) in [6.07, 6.45) is 2.88. The Hall–Kier alpha value is -2.15. The molecule has 0 aromatic heterocycles. The number of hydrogen-bond acceptors (Lipinski definition) is 5. The standard InChI is InChI=1S/C14H18N2O5/c17-13-7-2-1-6-12(13)15-14(18)9-21-11-5-3-4-10(8-11)16(19)20/h3-5,8,12-13,17H,1-2,6-7,9H2,(H,15,18)/t12-,13-/m0/s1. The number of carbonyl (C=O) groups excluding carboxylic acids is 1. The molecular weight excluding hydrogens is 276 g/mol. The predicted molar refractivity (Wildman–Crippen MR) is 75.0 cm³/mol. The smallest absolute Gasteiger partial charge is 0.273 e. The summed E-state index contributed by atoms with van der Waals surface area (Å²) in [7, 11) is 0. The van der Waals surface area contributed by atoms with Crippen LogP contribution in [0.5, 0.6) is 5.75 Å². The maximum absolute atomic E-state index is 11.8. The first kappa shape index (κ1) is 15.2. The molecular formula is C14H18N2O5. The number of carbonyl (C=O) groups is 1. The Bertz CT molecular complexity index is 520. The molecule has 2 N–H and O–H groups in total. The first-order chi connectivity index (χ1) is 10.1. The van der Waals surface area contributed by atoms with Gasteiger partial charge < -0.3 is 15.2 Å². The van der Waals surface area contributed by atoms with Crippen LogP contribution in [-0.4, -0.2) is 34.7 Å². The second kappa shape index (κ2) is 7.03. The summed E-state index contributed by atoms with van der Waals surface area (Å²) in [5.74, 6) is -0.0731. The summed E-state index contributed by atoms with van der Waals surface area (Å²) >= 11 is 0. The molecule has 0 radical (unpaired) electrons. The number of amides is 1. The Balaban J connectivity index is 1.83. The van der Waals surface area contributed by atoms with Crippen molar-refractivity contribution in [3.8, 4) is 5.75 Å². The molecule has 1 fully saturated rings. The van der Waals surface area contributed by atoms with E-state index in [0.717, 1.165) is 19.3 Å². The lowest BCUT2D eigenvalue weighted by Gasteiger charge is -2.28. The van der Waals surface area contributed by atoms with Gasteiger partial charge in [-0.25, -0.2) is 0 Å². The molecule has 0 saturated heterocycles. The van der Waals surface area contributed by atoms with E-state index in [4.69, 9.17) is 4.74 Å². The van der Waals surface area contributed by atoms with E-state index in [-0.39, 0.29) is 30.0 Å². The number of benzene rings is 1. The number of non-ortho nitro benzene ring substituents is 1. The first-order valence-corrected chi connectivity index (χ1v) is 6.91. The van der Waals surface area contributed by atoms with E-state index in [2.05, 4.69) is 5.32 Å². The van der Waals surface area contributed by atoms with Gasteiger partial charge in [0.1, 0.15) is 5.75 Å². The SMILES string of the molecule is O=C(COc1cccc([N+](=O)[O-])c1)N[C@H]1CCCC[C@@H]1O. The van der Waals surface area contributed by atoms with Gasteiger partial charge in [0.05, 0.1) is 23.1 Å². The van der Waals surface area contributed by atoms with Gasteiger partial charge >= 0.3 is 0 Å². The maximum atomic E-state index is 11.8. The van der Waals surface area contributed by atoms with Crippen molar-refractivity contribution in [2.75, 3.05) is 6.61 Å². The monoisotopic (exact) mass is 294 g/mol. The Labute approximate surface area is 122 Å². The summed E-state index contributed by atoms with van der Waals surface area (Å²) in [5.41, 5.74) is -0.0874. The maximum Gasteiger partial charge on any atom is 0.273 e. The van der Waals surface area contributed by atoms with Crippen LogP contribution in [0, 0.1) is 10.1 Å². The molecule has 1 aromatic rings. The minimum Gasteiger partial charge on any atom is -0.484 e. The van der Waals surface area contributed by atoms with Gasteiger partial charge in [0.25, 0.3) is 11.6 Å². The number of aliphatic hydroxyl groups excluding tert-OH is 1. The summed E-state index contributed by atoms with van der Waals surface area (Å²) in [6, 6.07) is 5.43. The third kappa shape index (κ3) is 4.42. The highest BCUT2D eigenvalue weighted by Gasteiger charge is 2.24. The van der Waals surface area contributed by atoms with Crippen LogP contribution >= 0.6 is 0 Å². The molecule has 0 heterocycles. The van der Waals surface area contributed by atoms with Crippen LogP contribution in [0.4, 0.5) is 5.69 Å². The molecule has 1 aromatic carbocycles. The van der Waals surface area contributed by atoms with Crippen molar-refractivity contribution < 1.29 is 19.6 Å². The molecule has 1 saturated carbocycles. The van der Waals surface area contributed by atoms with Gasteiger partial charge in [-0.3, -0.25) is 14.9 Å². The van der Waals surface area contributed by atoms with Gasteiger partial charge in [-0.15, -0.1) is 0 Å². The van der Waals surface area contributed by atoms with E-state index >= 15 is 0 Å². The summed E-state index contributed by atoms with van der Waals surface area (Å²) in [5, 5.41) is 23.1.